The fraction of sp³-hybridized carbons (Fsp3) is 0.250. The highest BCUT2D eigenvalue weighted by atomic mass is 35.5. The summed E-state index contributed by atoms with van der Waals surface area (Å²) < 4.78 is 0. The molecule has 0 saturated heterocycles. The normalized spacial score (nSPS) is 18.5. The highest BCUT2D eigenvalue weighted by Gasteiger charge is 2.46. The van der Waals surface area contributed by atoms with Crippen molar-refractivity contribution in [1.82, 2.24) is 4.90 Å². The van der Waals surface area contributed by atoms with E-state index in [9.17, 15) is 14.4 Å². The first-order valence-electron chi connectivity index (χ1n) is 11.7. The molecule has 0 N–H and O–H groups in total. The lowest BCUT2D eigenvalue weighted by molar-refractivity contribution is -0.133. The minimum Gasteiger partial charge on any atom is -0.292 e. The van der Waals surface area contributed by atoms with Gasteiger partial charge in [0.25, 0.3) is 17.7 Å². The number of anilines is 1. The molecule has 6 heteroatoms. The zero-order chi connectivity index (χ0) is 23.7. The largest absolute Gasteiger partial charge is 0.292 e. The quantitative estimate of drug-likeness (QED) is 0.435. The maximum Gasteiger partial charge on any atom is 0.261 e. The van der Waals surface area contributed by atoms with Crippen molar-refractivity contribution >= 4 is 35.0 Å². The number of halogens is 1. The number of carbonyl (C=O) groups excluding carboxylic acids is 3. The molecule has 3 aromatic carbocycles. The van der Waals surface area contributed by atoms with E-state index >= 15 is 0 Å². The van der Waals surface area contributed by atoms with Crippen LogP contribution in [0.4, 0.5) is 5.69 Å². The first-order chi connectivity index (χ1) is 16.6. The number of fused-ring (bicyclic) bond motifs is 1. The summed E-state index contributed by atoms with van der Waals surface area (Å²) >= 11 is 6.13. The van der Waals surface area contributed by atoms with Crippen LogP contribution in [-0.4, -0.2) is 28.7 Å². The summed E-state index contributed by atoms with van der Waals surface area (Å²) in [5.74, 6) is -0.934. The second-order valence-electron chi connectivity index (χ2n) is 8.81. The van der Waals surface area contributed by atoms with Crippen LogP contribution in [0.2, 0.25) is 5.02 Å². The van der Waals surface area contributed by atoms with Crippen molar-refractivity contribution < 1.29 is 14.4 Å². The topological polar surface area (TPSA) is 57.7 Å². The molecule has 0 bridgehead atoms. The van der Waals surface area contributed by atoms with E-state index in [4.69, 9.17) is 11.6 Å². The number of rotatable bonds is 4. The van der Waals surface area contributed by atoms with Crippen LogP contribution in [0.1, 0.15) is 64.4 Å². The number of imide groups is 1. The van der Waals surface area contributed by atoms with Gasteiger partial charge in [-0.25, -0.2) is 0 Å². The molecular formula is C28H25ClN2O3. The van der Waals surface area contributed by atoms with Crippen LogP contribution in [0.5, 0.6) is 0 Å². The number of benzene rings is 3. The van der Waals surface area contributed by atoms with Gasteiger partial charge in [-0.3, -0.25) is 24.2 Å². The van der Waals surface area contributed by atoms with Gasteiger partial charge in [0, 0.05) is 27.9 Å². The van der Waals surface area contributed by atoms with Crippen molar-refractivity contribution in [2.75, 3.05) is 4.90 Å². The number of amides is 3. The van der Waals surface area contributed by atoms with Crippen molar-refractivity contribution in [3.05, 3.63) is 101 Å². The Morgan fingerprint density at radius 3 is 2.18 bits per heavy atom. The van der Waals surface area contributed by atoms with Gasteiger partial charge in [-0.1, -0.05) is 67.3 Å². The average molecular weight is 473 g/mol. The molecule has 1 aliphatic carbocycles. The van der Waals surface area contributed by atoms with Gasteiger partial charge in [0.15, 0.2) is 0 Å². The molecule has 5 nitrogen and oxygen atoms in total. The zero-order valence-electron chi connectivity index (χ0n) is 18.7. The van der Waals surface area contributed by atoms with E-state index in [1.54, 1.807) is 72.8 Å². The summed E-state index contributed by atoms with van der Waals surface area (Å²) in [7, 11) is 0. The Morgan fingerprint density at radius 1 is 0.824 bits per heavy atom. The van der Waals surface area contributed by atoms with Crippen molar-refractivity contribution in [2.24, 2.45) is 0 Å². The lowest BCUT2D eigenvalue weighted by Gasteiger charge is -2.42. The molecule has 1 unspecified atom stereocenters. The van der Waals surface area contributed by atoms with Crippen LogP contribution in [-0.2, 0) is 4.79 Å². The third-order valence-corrected chi connectivity index (χ3v) is 6.97. The van der Waals surface area contributed by atoms with E-state index in [1.807, 2.05) is 6.07 Å². The van der Waals surface area contributed by atoms with Crippen LogP contribution < -0.4 is 4.90 Å². The van der Waals surface area contributed by atoms with Crippen molar-refractivity contribution in [3.63, 3.8) is 0 Å². The third kappa shape index (κ3) is 4.01. The molecule has 172 valence electrons. The minimum absolute atomic E-state index is 0.150. The molecule has 1 fully saturated rings. The maximum absolute atomic E-state index is 14.1. The molecule has 2 aliphatic rings. The van der Waals surface area contributed by atoms with Gasteiger partial charge in [-0.15, -0.1) is 0 Å². The van der Waals surface area contributed by atoms with Gasteiger partial charge in [0.05, 0.1) is 0 Å². The maximum atomic E-state index is 14.1. The molecule has 3 amide bonds. The zero-order valence-corrected chi connectivity index (χ0v) is 19.4. The van der Waals surface area contributed by atoms with Crippen LogP contribution in [0.25, 0.3) is 0 Å². The van der Waals surface area contributed by atoms with Crippen LogP contribution >= 0.6 is 11.6 Å². The number of hydrogen-bond acceptors (Lipinski definition) is 3. The number of nitrogens with zero attached hydrogens (tertiary/aromatic N) is 2. The predicted octanol–water partition coefficient (Wildman–Crippen LogP) is 6.04. The van der Waals surface area contributed by atoms with E-state index < -0.39 is 6.04 Å². The molecule has 0 radical (unpaired) electrons. The molecule has 3 aromatic rings. The molecule has 34 heavy (non-hydrogen) atoms. The Bertz CT molecular complexity index is 1220. The summed E-state index contributed by atoms with van der Waals surface area (Å²) in [5, 5.41) is 0.533. The smallest absolute Gasteiger partial charge is 0.261 e. The monoisotopic (exact) mass is 472 g/mol. The van der Waals surface area contributed by atoms with Crippen LogP contribution in [0.3, 0.4) is 0 Å². The number of carbonyl (C=O) groups is 3. The highest BCUT2D eigenvalue weighted by Crippen LogP contribution is 2.39. The van der Waals surface area contributed by atoms with E-state index in [1.165, 1.54) is 9.80 Å². The summed E-state index contributed by atoms with van der Waals surface area (Å²) in [6, 6.07) is 21.8. The standard InChI is InChI=1S/C28H25ClN2O3/c29-20-15-17-22(18-16-20)30(26(32)19-9-3-1-4-10-19)25-23-13-7-8-14-24(23)27(33)31(28(25)34)21-11-5-2-6-12-21/h1,3-4,7-10,13-18,21,25H,2,5-6,11-12H2. The summed E-state index contributed by atoms with van der Waals surface area (Å²) in [6.07, 6.45) is 4.66. The van der Waals surface area contributed by atoms with Gasteiger partial charge >= 0.3 is 0 Å². The second-order valence-corrected chi connectivity index (χ2v) is 9.25. The Balaban J connectivity index is 1.67. The Labute approximate surface area is 203 Å². The first kappa shape index (κ1) is 22.4. The molecule has 1 heterocycles. The summed E-state index contributed by atoms with van der Waals surface area (Å²) in [5.41, 5.74) is 2.02. The van der Waals surface area contributed by atoms with Crippen LogP contribution in [0.15, 0.2) is 78.9 Å². The fourth-order valence-corrected chi connectivity index (χ4v) is 5.19. The summed E-state index contributed by atoms with van der Waals surface area (Å²) in [6.45, 7) is 0. The van der Waals surface area contributed by atoms with Crippen molar-refractivity contribution in [2.45, 2.75) is 44.2 Å². The van der Waals surface area contributed by atoms with Crippen LogP contribution in [0, 0.1) is 0 Å². The molecule has 1 saturated carbocycles. The lowest BCUT2D eigenvalue weighted by atomic mass is 9.87. The van der Waals surface area contributed by atoms with Crippen molar-refractivity contribution in [1.29, 1.82) is 0 Å². The minimum atomic E-state index is -0.954. The average Bonchev–Trinajstić information content (AvgIpc) is 2.88. The van der Waals surface area contributed by atoms with Gasteiger partial charge in [0.2, 0.25) is 0 Å². The highest BCUT2D eigenvalue weighted by molar-refractivity contribution is 6.30. The number of hydrogen-bond donors (Lipinski definition) is 0. The Kier molecular flexibility index (Phi) is 6.20. The van der Waals surface area contributed by atoms with E-state index in [0.717, 1.165) is 32.1 Å². The predicted molar refractivity (Wildman–Crippen MR) is 132 cm³/mol. The molecular weight excluding hydrogens is 448 g/mol. The Morgan fingerprint density at radius 2 is 1.47 bits per heavy atom. The second kappa shape index (κ2) is 9.43. The molecule has 1 aliphatic heterocycles. The molecule has 5 rings (SSSR count). The van der Waals surface area contributed by atoms with E-state index in [0.29, 0.717) is 27.4 Å². The van der Waals surface area contributed by atoms with Gasteiger partial charge < -0.3 is 0 Å². The third-order valence-electron chi connectivity index (χ3n) is 6.72. The van der Waals surface area contributed by atoms with Crippen molar-refractivity contribution in [3.8, 4) is 0 Å². The SMILES string of the molecule is O=C1c2ccccc2C(N(C(=O)c2ccccc2)c2ccc(Cl)cc2)C(=O)N1C1CCCCC1. The first-order valence-corrected chi connectivity index (χ1v) is 12.0. The molecule has 0 aromatic heterocycles. The van der Waals surface area contributed by atoms with E-state index in [2.05, 4.69) is 0 Å². The fourth-order valence-electron chi connectivity index (χ4n) is 5.06. The summed E-state index contributed by atoms with van der Waals surface area (Å²) in [4.78, 5) is 44.4. The molecule has 1 atom stereocenters. The lowest BCUT2D eigenvalue weighted by Crippen LogP contribution is -2.55. The molecule has 0 spiro atoms. The van der Waals surface area contributed by atoms with Gasteiger partial charge in [0.1, 0.15) is 6.04 Å². The van der Waals surface area contributed by atoms with Gasteiger partial charge in [-0.05, 0) is 60.9 Å². The van der Waals surface area contributed by atoms with E-state index in [-0.39, 0.29) is 23.8 Å². The van der Waals surface area contributed by atoms with Gasteiger partial charge in [-0.2, -0.15) is 0 Å². The Hall–Kier alpha value is -3.44.